The van der Waals surface area contributed by atoms with Crippen molar-refractivity contribution in [3.63, 3.8) is 0 Å². The predicted molar refractivity (Wildman–Crippen MR) is 97.3 cm³/mol. The maximum absolute atomic E-state index is 12.3. The number of nitrogens with zero attached hydrogens (tertiary/aromatic N) is 1. The van der Waals surface area contributed by atoms with Crippen LogP contribution in [0.5, 0.6) is 0 Å². The Morgan fingerprint density at radius 3 is 2.63 bits per heavy atom. The lowest BCUT2D eigenvalue weighted by molar-refractivity contribution is -0.122. The van der Waals surface area contributed by atoms with Crippen LogP contribution in [-0.2, 0) is 9.53 Å². The van der Waals surface area contributed by atoms with E-state index in [1.165, 1.54) is 0 Å². The summed E-state index contributed by atoms with van der Waals surface area (Å²) >= 11 is 0. The minimum atomic E-state index is -0.474. The van der Waals surface area contributed by atoms with Gasteiger partial charge in [-0.1, -0.05) is 5.16 Å². The third kappa shape index (κ3) is 5.20. The smallest absolute Gasteiger partial charge is 0.319 e. The minimum absolute atomic E-state index is 0.0367. The summed E-state index contributed by atoms with van der Waals surface area (Å²) in [7, 11) is 0. The van der Waals surface area contributed by atoms with Crippen molar-refractivity contribution in [3.05, 3.63) is 11.5 Å². The summed E-state index contributed by atoms with van der Waals surface area (Å²) in [6, 6.07) is -0.667. The molecule has 3 rings (SSSR count). The molecule has 2 fully saturated rings. The van der Waals surface area contributed by atoms with E-state index >= 15 is 0 Å². The Balaban J connectivity index is 1.43. The number of nitrogens with one attached hydrogen (secondary N) is 3. The van der Waals surface area contributed by atoms with Crippen LogP contribution >= 0.6 is 0 Å². The molecule has 0 unspecified atom stereocenters. The van der Waals surface area contributed by atoms with Gasteiger partial charge >= 0.3 is 6.03 Å². The van der Waals surface area contributed by atoms with Gasteiger partial charge in [0.15, 0.2) is 5.76 Å². The third-order valence-corrected chi connectivity index (χ3v) is 5.10. The van der Waals surface area contributed by atoms with Gasteiger partial charge in [-0.25, -0.2) is 4.79 Å². The predicted octanol–water partition coefficient (Wildman–Crippen LogP) is 1.24. The molecule has 2 aliphatic rings. The second-order valence-corrected chi connectivity index (χ2v) is 7.31. The Bertz CT molecular complexity index is 653. The van der Waals surface area contributed by atoms with Crippen molar-refractivity contribution < 1.29 is 24.0 Å². The first-order valence-electron chi connectivity index (χ1n) is 9.52. The number of hydrogen-bond donors (Lipinski definition) is 4. The highest BCUT2D eigenvalue weighted by molar-refractivity contribution is 5.90. The van der Waals surface area contributed by atoms with E-state index in [1.807, 2.05) is 0 Å². The van der Waals surface area contributed by atoms with Gasteiger partial charge < -0.3 is 30.3 Å². The quantitative estimate of drug-likeness (QED) is 0.564. The van der Waals surface area contributed by atoms with Crippen LogP contribution in [-0.4, -0.2) is 53.6 Å². The van der Waals surface area contributed by atoms with Crippen LogP contribution in [0.4, 0.5) is 10.5 Å². The largest absolute Gasteiger partial charge is 0.394 e. The molecular weight excluding hydrogens is 352 g/mol. The molecule has 1 aliphatic carbocycles. The topological polar surface area (TPSA) is 126 Å². The molecule has 0 radical (unpaired) electrons. The van der Waals surface area contributed by atoms with Crippen LogP contribution < -0.4 is 16.0 Å². The summed E-state index contributed by atoms with van der Waals surface area (Å²) in [5, 5.41) is 22.0. The van der Waals surface area contributed by atoms with Gasteiger partial charge in [-0.05, 0) is 46.0 Å². The highest BCUT2D eigenvalue weighted by atomic mass is 16.5. The number of aromatic nitrogens is 1. The van der Waals surface area contributed by atoms with Gasteiger partial charge in [-0.15, -0.1) is 0 Å². The summed E-state index contributed by atoms with van der Waals surface area (Å²) in [5.74, 6) is 0.863. The van der Waals surface area contributed by atoms with E-state index in [4.69, 9.17) is 9.26 Å². The highest BCUT2D eigenvalue weighted by Crippen LogP contribution is 2.29. The zero-order chi connectivity index (χ0) is 19.4. The van der Waals surface area contributed by atoms with E-state index < -0.39 is 6.10 Å². The zero-order valence-electron chi connectivity index (χ0n) is 15.8. The molecule has 1 aliphatic heterocycles. The van der Waals surface area contributed by atoms with Gasteiger partial charge in [-0.2, -0.15) is 0 Å². The first-order chi connectivity index (χ1) is 13.0. The number of ether oxygens (including phenoxy) is 1. The van der Waals surface area contributed by atoms with Crippen molar-refractivity contribution in [2.45, 2.75) is 64.2 Å². The Kier molecular flexibility index (Phi) is 6.33. The summed E-state index contributed by atoms with van der Waals surface area (Å²) in [5.41, 5.74) is 1.16. The summed E-state index contributed by atoms with van der Waals surface area (Å²) < 4.78 is 10.9. The van der Waals surface area contributed by atoms with Crippen LogP contribution in [0.25, 0.3) is 0 Å². The Morgan fingerprint density at radius 2 is 2.00 bits per heavy atom. The number of carbonyl (C=O) groups is 2. The van der Waals surface area contributed by atoms with Gasteiger partial charge in [0.25, 0.3) is 0 Å². The van der Waals surface area contributed by atoms with Crippen LogP contribution in [0.15, 0.2) is 4.52 Å². The number of aliphatic hydroxyl groups is 1. The van der Waals surface area contributed by atoms with Crippen LogP contribution in [0, 0.1) is 19.8 Å². The molecule has 0 aromatic carbocycles. The van der Waals surface area contributed by atoms with E-state index in [0.717, 1.165) is 19.3 Å². The highest BCUT2D eigenvalue weighted by Gasteiger charge is 2.33. The average Bonchev–Trinajstić information content (AvgIpc) is 3.45. The number of carbonyl (C=O) groups excluding carboxylic acids is 2. The monoisotopic (exact) mass is 380 g/mol. The SMILES string of the molecule is Cc1noc(C)c1NC(=O)N[C@@H]1CC[C@@H](CCNC(=O)C2CC2)O[C@H]1CO. The number of amides is 3. The van der Waals surface area contributed by atoms with Crippen LogP contribution in [0.2, 0.25) is 0 Å². The fourth-order valence-corrected chi connectivity index (χ4v) is 3.33. The maximum atomic E-state index is 12.3. The van der Waals surface area contributed by atoms with Crippen molar-refractivity contribution in [2.24, 2.45) is 5.92 Å². The van der Waals surface area contributed by atoms with E-state index in [-0.39, 0.29) is 36.6 Å². The zero-order valence-corrected chi connectivity index (χ0v) is 15.8. The average molecular weight is 380 g/mol. The molecule has 3 amide bonds. The lowest BCUT2D eigenvalue weighted by atomic mass is 9.97. The molecule has 27 heavy (non-hydrogen) atoms. The Labute approximate surface area is 158 Å². The van der Waals surface area contributed by atoms with Gasteiger partial charge in [0.05, 0.1) is 18.8 Å². The molecule has 1 aromatic rings. The van der Waals surface area contributed by atoms with Gasteiger partial charge in [0.1, 0.15) is 17.5 Å². The molecule has 0 spiro atoms. The number of urea groups is 1. The van der Waals surface area contributed by atoms with Crippen molar-refractivity contribution in [3.8, 4) is 0 Å². The lowest BCUT2D eigenvalue weighted by Crippen LogP contribution is -2.52. The van der Waals surface area contributed by atoms with Gasteiger partial charge in [0.2, 0.25) is 5.91 Å². The fourth-order valence-electron chi connectivity index (χ4n) is 3.33. The Hall–Kier alpha value is -2.13. The Morgan fingerprint density at radius 1 is 1.22 bits per heavy atom. The van der Waals surface area contributed by atoms with Gasteiger partial charge in [-0.3, -0.25) is 4.79 Å². The number of aliphatic hydroxyl groups excluding tert-OH is 1. The summed E-state index contributed by atoms with van der Waals surface area (Å²) in [4.78, 5) is 23.9. The standard InChI is InChI=1S/C18H28N4O5/c1-10-16(11(2)27-22-10)21-18(25)20-14-6-5-13(26-15(14)9-23)7-8-19-17(24)12-3-4-12/h12-15,23H,3-9H2,1-2H3,(H,19,24)(H2,20,21,25)/t13-,14+,15-/m0/s1. The number of rotatable bonds is 7. The summed E-state index contributed by atoms with van der Waals surface area (Å²) in [6.45, 7) is 3.87. The summed E-state index contributed by atoms with van der Waals surface area (Å²) in [6.07, 6.45) is 3.62. The second kappa shape index (κ2) is 8.71. The van der Waals surface area contributed by atoms with E-state index in [1.54, 1.807) is 13.8 Å². The first-order valence-corrected chi connectivity index (χ1v) is 9.52. The molecular formula is C18H28N4O5. The number of hydrogen-bond acceptors (Lipinski definition) is 6. The van der Waals surface area contributed by atoms with Crippen molar-refractivity contribution in [1.29, 1.82) is 0 Å². The fraction of sp³-hybridized carbons (Fsp3) is 0.722. The molecule has 9 nitrogen and oxygen atoms in total. The number of aryl methyl sites for hydroxylation is 2. The maximum Gasteiger partial charge on any atom is 0.319 e. The molecule has 4 N–H and O–H groups in total. The molecule has 2 heterocycles. The third-order valence-electron chi connectivity index (χ3n) is 5.10. The van der Waals surface area contributed by atoms with Crippen molar-refractivity contribution in [1.82, 2.24) is 15.8 Å². The molecule has 1 aromatic heterocycles. The second-order valence-electron chi connectivity index (χ2n) is 7.31. The number of anilines is 1. The van der Waals surface area contributed by atoms with E-state index in [9.17, 15) is 14.7 Å². The van der Waals surface area contributed by atoms with E-state index in [0.29, 0.717) is 36.5 Å². The normalized spacial score (nSPS) is 25.1. The first kappa shape index (κ1) is 19.6. The van der Waals surface area contributed by atoms with E-state index in [2.05, 4.69) is 21.1 Å². The van der Waals surface area contributed by atoms with Crippen molar-refractivity contribution in [2.75, 3.05) is 18.5 Å². The molecule has 1 saturated carbocycles. The lowest BCUT2D eigenvalue weighted by Gasteiger charge is -2.36. The van der Waals surface area contributed by atoms with Crippen LogP contribution in [0.3, 0.4) is 0 Å². The molecule has 150 valence electrons. The molecule has 0 bridgehead atoms. The van der Waals surface area contributed by atoms with Crippen LogP contribution in [0.1, 0.15) is 43.6 Å². The minimum Gasteiger partial charge on any atom is -0.394 e. The van der Waals surface area contributed by atoms with Crippen molar-refractivity contribution >= 4 is 17.6 Å². The van der Waals surface area contributed by atoms with Gasteiger partial charge in [0, 0.05) is 12.5 Å². The molecule has 3 atom stereocenters. The molecule has 1 saturated heterocycles. The molecule has 9 heteroatoms.